The molecule has 0 radical (unpaired) electrons. The van der Waals surface area contributed by atoms with E-state index in [4.69, 9.17) is 9.47 Å². The summed E-state index contributed by atoms with van der Waals surface area (Å²) in [6.07, 6.45) is 2.24. The number of carbonyl (C=O) groups excluding carboxylic acids is 3. The molecule has 0 unspecified atom stereocenters. The quantitative estimate of drug-likeness (QED) is 0.422. The number of imide groups is 1. The van der Waals surface area contributed by atoms with E-state index in [9.17, 15) is 19.5 Å². The van der Waals surface area contributed by atoms with Crippen molar-refractivity contribution >= 4 is 35.2 Å². The van der Waals surface area contributed by atoms with Crippen LogP contribution in [0.2, 0.25) is 0 Å². The molecular weight excluding hydrogens is 468 g/mol. The van der Waals surface area contributed by atoms with Gasteiger partial charge in [-0.05, 0) is 62.1 Å². The minimum atomic E-state index is -1.37. The summed E-state index contributed by atoms with van der Waals surface area (Å²) in [4.78, 5) is 42.4. The summed E-state index contributed by atoms with van der Waals surface area (Å²) in [5.74, 6) is -2.30. The van der Waals surface area contributed by atoms with Gasteiger partial charge in [-0.15, -0.1) is 0 Å². The maximum Gasteiger partial charge on any atom is 0.327 e. The van der Waals surface area contributed by atoms with Crippen molar-refractivity contribution < 1.29 is 29.0 Å². The van der Waals surface area contributed by atoms with Crippen LogP contribution in [0.4, 0.5) is 5.69 Å². The Balaban J connectivity index is 1.87. The second-order valence-corrected chi connectivity index (χ2v) is 9.82. The molecule has 2 aliphatic rings. The molecule has 2 aromatic rings. The number of ether oxygens (including phenoxy) is 2. The number of phenolic OH excluding ortho intramolecular Hbond substituents is 1. The Morgan fingerprint density at radius 3 is 2.51 bits per heavy atom. The molecule has 0 aliphatic carbocycles. The minimum absolute atomic E-state index is 0.0417. The fourth-order valence-electron chi connectivity index (χ4n) is 5.17. The van der Waals surface area contributed by atoms with E-state index in [1.54, 1.807) is 43.0 Å². The van der Waals surface area contributed by atoms with Crippen LogP contribution in [0.5, 0.6) is 11.5 Å². The SMILES string of the molecule is CCOC(=O)[C@@]1(CCSC)N[C@@H](c2ccc(O)c(OC)c2)[C@H]2C(=O)N(c3ccc(C)cc3)C(=O)[C@H]21. The summed E-state index contributed by atoms with van der Waals surface area (Å²) in [6.45, 7) is 3.80. The Kier molecular flexibility index (Phi) is 7.10. The standard InChI is InChI=1S/C26H30N2O6S/c1-5-34-25(32)26(12-13-35-4)21-20(22(27-26)16-8-11-18(29)19(14-16)33-3)23(30)28(24(21)31)17-9-6-15(2)7-10-17/h6-11,14,20-22,27,29H,5,12-13H2,1-4H3/t20-,21-,22-,26-/m0/s1. The van der Waals surface area contributed by atoms with Crippen molar-refractivity contribution in [2.75, 3.05) is 30.6 Å². The van der Waals surface area contributed by atoms with E-state index < -0.39 is 35.3 Å². The fourth-order valence-corrected chi connectivity index (χ4v) is 5.69. The zero-order chi connectivity index (χ0) is 25.3. The number of esters is 1. The van der Waals surface area contributed by atoms with Gasteiger partial charge in [0.2, 0.25) is 11.8 Å². The number of benzene rings is 2. The number of aryl methyl sites for hydroxylation is 1. The van der Waals surface area contributed by atoms with Crippen LogP contribution < -0.4 is 15.0 Å². The average Bonchev–Trinajstić information content (AvgIpc) is 3.33. The number of nitrogens with one attached hydrogen (secondary N) is 1. The molecule has 4 rings (SSSR count). The first-order valence-electron chi connectivity index (χ1n) is 11.5. The molecule has 0 spiro atoms. The Hall–Kier alpha value is -3.04. The number of methoxy groups -OCH3 is 1. The highest BCUT2D eigenvalue weighted by atomic mass is 32.2. The molecule has 2 fully saturated rings. The lowest BCUT2D eigenvalue weighted by molar-refractivity contribution is -0.154. The van der Waals surface area contributed by atoms with Crippen molar-refractivity contribution in [1.29, 1.82) is 0 Å². The van der Waals surface area contributed by atoms with Crippen LogP contribution in [0.1, 0.15) is 30.5 Å². The monoisotopic (exact) mass is 498 g/mol. The third-order valence-corrected chi connectivity index (χ3v) is 7.46. The van der Waals surface area contributed by atoms with Gasteiger partial charge < -0.3 is 14.6 Å². The highest BCUT2D eigenvalue weighted by molar-refractivity contribution is 7.98. The number of hydrogen-bond acceptors (Lipinski definition) is 8. The largest absolute Gasteiger partial charge is 0.504 e. The Labute approximate surface area is 209 Å². The van der Waals surface area contributed by atoms with Crippen molar-refractivity contribution in [2.24, 2.45) is 11.8 Å². The number of anilines is 1. The first-order valence-corrected chi connectivity index (χ1v) is 12.9. The molecule has 2 aliphatic heterocycles. The third-order valence-electron chi connectivity index (χ3n) is 6.85. The number of thioether (sulfide) groups is 1. The van der Waals surface area contributed by atoms with Gasteiger partial charge in [0.25, 0.3) is 0 Å². The van der Waals surface area contributed by atoms with Gasteiger partial charge in [0.1, 0.15) is 5.54 Å². The van der Waals surface area contributed by atoms with E-state index in [-0.39, 0.29) is 24.0 Å². The van der Waals surface area contributed by atoms with Gasteiger partial charge in [0.05, 0.1) is 31.2 Å². The Morgan fingerprint density at radius 1 is 1.17 bits per heavy atom. The molecule has 2 N–H and O–H groups in total. The van der Waals surface area contributed by atoms with E-state index in [2.05, 4.69) is 5.32 Å². The molecule has 186 valence electrons. The van der Waals surface area contributed by atoms with Crippen LogP contribution in [0.15, 0.2) is 42.5 Å². The smallest absolute Gasteiger partial charge is 0.327 e. The van der Waals surface area contributed by atoms with Crippen molar-refractivity contribution in [3.05, 3.63) is 53.6 Å². The van der Waals surface area contributed by atoms with Crippen molar-refractivity contribution in [3.63, 3.8) is 0 Å². The average molecular weight is 499 g/mol. The summed E-state index contributed by atoms with van der Waals surface area (Å²) >= 11 is 1.55. The molecular formula is C26H30N2O6S. The highest BCUT2D eigenvalue weighted by Crippen LogP contribution is 2.52. The van der Waals surface area contributed by atoms with Gasteiger partial charge in [0.15, 0.2) is 11.5 Å². The lowest BCUT2D eigenvalue weighted by Crippen LogP contribution is -2.57. The molecule has 0 saturated carbocycles. The number of hydrogen-bond donors (Lipinski definition) is 2. The molecule has 2 amide bonds. The molecule has 0 bridgehead atoms. The first-order chi connectivity index (χ1) is 16.8. The zero-order valence-corrected chi connectivity index (χ0v) is 21.1. The van der Waals surface area contributed by atoms with E-state index in [0.29, 0.717) is 23.4 Å². The van der Waals surface area contributed by atoms with Crippen LogP contribution in [0, 0.1) is 18.8 Å². The number of rotatable bonds is 8. The van der Waals surface area contributed by atoms with E-state index >= 15 is 0 Å². The van der Waals surface area contributed by atoms with Gasteiger partial charge in [-0.25, -0.2) is 4.90 Å². The molecule has 8 nitrogen and oxygen atoms in total. The Bertz CT molecular complexity index is 1140. The second-order valence-electron chi connectivity index (χ2n) is 8.84. The highest BCUT2D eigenvalue weighted by Gasteiger charge is 2.68. The van der Waals surface area contributed by atoms with Crippen LogP contribution in [-0.2, 0) is 19.1 Å². The van der Waals surface area contributed by atoms with Gasteiger partial charge in [0, 0.05) is 6.04 Å². The molecule has 9 heteroatoms. The molecule has 35 heavy (non-hydrogen) atoms. The van der Waals surface area contributed by atoms with E-state index in [1.807, 2.05) is 25.3 Å². The molecule has 0 aromatic heterocycles. The molecule has 4 atom stereocenters. The van der Waals surface area contributed by atoms with Crippen molar-refractivity contribution in [2.45, 2.75) is 31.8 Å². The topological polar surface area (TPSA) is 105 Å². The summed E-state index contributed by atoms with van der Waals surface area (Å²) in [7, 11) is 1.44. The van der Waals surface area contributed by atoms with Crippen molar-refractivity contribution in [3.8, 4) is 11.5 Å². The summed E-state index contributed by atoms with van der Waals surface area (Å²) in [6, 6.07) is 11.3. The van der Waals surface area contributed by atoms with Crippen LogP contribution in [0.3, 0.4) is 0 Å². The molecule has 2 saturated heterocycles. The van der Waals surface area contributed by atoms with Crippen LogP contribution >= 0.6 is 11.8 Å². The first kappa shape index (κ1) is 25.1. The van der Waals surface area contributed by atoms with Crippen LogP contribution in [-0.4, -0.2) is 54.2 Å². The predicted octanol–water partition coefficient (Wildman–Crippen LogP) is 3.21. The minimum Gasteiger partial charge on any atom is -0.504 e. The van der Waals surface area contributed by atoms with Crippen LogP contribution in [0.25, 0.3) is 0 Å². The van der Waals surface area contributed by atoms with E-state index in [0.717, 1.165) is 5.56 Å². The maximum atomic E-state index is 13.9. The lowest BCUT2D eigenvalue weighted by atomic mass is 9.78. The van der Waals surface area contributed by atoms with Gasteiger partial charge in [-0.1, -0.05) is 23.8 Å². The van der Waals surface area contributed by atoms with Gasteiger partial charge >= 0.3 is 5.97 Å². The molecule has 2 heterocycles. The second kappa shape index (κ2) is 9.91. The maximum absolute atomic E-state index is 13.9. The number of phenols is 1. The lowest BCUT2D eigenvalue weighted by Gasteiger charge is -2.33. The Morgan fingerprint density at radius 2 is 1.89 bits per heavy atom. The normalized spacial score (nSPS) is 25.6. The molecule has 2 aromatic carbocycles. The predicted molar refractivity (Wildman–Crippen MR) is 134 cm³/mol. The fraction of sp³-hybridized carbons (Fsp3) is 0.423. The van der Waals surface area contributed by atoms with Gasteiger partial charge in [-0.2, -0.15) is 11.8 Å². The number of nitrogens with zero attached hydrogens (tertiary/aromatic N) is 1. The number of amides is 2. The summed E-state index contributed by atoms with van der Waals surface area (Å²) in [5, 5.41) is 13.5. The third kappa shape index (κ3) is 4.16. The van der Waals surface area contributed by atoms with Gasteiger partial charge in [-0.3, -0.25) is 19.7 Å². The number of carbonyl (C=O) groups is 3. The summed E-state index contributed by atoms with van der Waals surface area (Å²) < 4.78 is 10.7. The van der Waals surface area contributed by atoms with E-state index in [1.165, 1.54) is 18.1 Å². The zero-order valence-electron chi connectivity index (χ0n) is 20.2. The van der Waals surface area contributed by atoms with Crippen molar-refractivity contribution in [1.82, 2.24) is 5.32 Å². The number of fused-ring (bicyclic) bond motifs is 1. The number of aromatic hydroxyl groups is 1. The summed E-state index contributed by atoms with van der Waals surface area (Å²) in [5.41, 5.74) is 0.747.